The van der Waals surface area contributed by atoms with Crippen LogP contribution in [-0.4, -0.2) is 10.2 Å². The van der Waals surface area contributed by atoms with Gasteiger partial charge in [-0.15, -0.1) is 10.2 Å². The van der Waals surface area contributed by atoms with Crippen molar-refractivity contribution in [2.45, 2.75) is 33.1 Å². The maximum Gasteiger partial charge on any atom is 0.248 e. The molecule has 0 amide bonds. The fourth-order valence-electron chi connectivity index (χ4n) is 3.20. The van der Waals surface area contributed by atoms with Gasteiger partial charge in [-0.2, -0.15) is 0 Å². The van der Waals surface area contributed by atoms with Crippen molar-refractivity contribution in [3.05, 3.63) is 83.9 Å². The lowest BCUT2D eigenvalue weighted by molar-refractivity contribution is 0.584. The van der Waals surface area contributed by atoms with Crippen LogP contribution in [0.3, 0.4) is 0 Å². The van der Waals surface area contributed by atoms with E-state index in [0.717, 1.165) is 17.5 Å². The van der Waals surface area contributed by atoms with Crippen molar-refractivity contribution in [3.63, 3.8) is 0 Å². The number of nitrogens with zero attached hydrogens (tertiary/aromatic N) is 2. The van der Waals surface area contributed by atoms with Gasteiger partial charge in [-0.25, -0.2) is 0 Å². The second-order valence-electron chi connectivity index (χ2n) is 7.29. The molecule has 0 radical (unpaired) electrons. The van der Waals surface area contributed by atoms with Gasteiger partial charge in [0.1, 0.15) is 0 Å². The molecule has 3 heteroatoms. The van der Waals surface area contributed by atoms with Crippen LogP contribution in [0.5, 0.6) is 0 Å². The first kappa shape index (κ1) is 18.2. The van der Waals surface area contributed by atoms with Crippen LogP contribution in [-0.2, 0) is 0 Å². The Hall–Kier alpha value is -3.20. The van der Waals surface area contributed by atoms with E-state index < -0.39 is 0 Å². The topological polar surface area (TPSA) is 38.9 Å². The third-order valence-electron chi connectivity index (χ3n) is 5.28. The number of hydrogen-bond donors (Lipinski definition) is 0. The van der Waals surface area contributed by atoms with Crippen LogP contribution in [0, 0.1) is 6.92 Å². The second-order valence-corrected chi connectivity index (χ2v) is 7.29. The summed E-state index contributed by atoms with van der Waals surface area (Å²) in [6.45, 7) is 6.54. The summed E-state index contributed by atoms with van der Waals surface area (Å²) < 4.78 is 5.87. The summed E-state index contributed by atoms with van der Waals surface area (Å²) in [5.74, 6) is 1.67. The van der Waals surface area contributed by atoms with Crippen LogP contribution < -0.4 is 0 Å². The minimum Gasteiger partial charge on any atom is -0.416 e. The fraction of sp³-hybridized carbons (Fsp3) is 0.200. The van der Waals surface area contributed by atoms with Gasteiger partial charge < -0.3 is 4.42 Å². The van der Waals surface area contributed by atoms with E-state index >= 15 is 0 Å². The van der Waals surface area contributed by atoms with Gasteiger partial charge in [-0.3, -0.25) is 0 Å². The van der Waals surface area contributed by atoms with Crippen LogP contribution >= 0.6 is 0 Å². The van der Waals surface area contributed by atoms with Crippen molar-refractivity contribution in [2.75, 3.05) is 0 Å². The zero-order valence-corrected chi connectivity index (χ0v) is 16.5. The highest BCUT2D eigenvalue weighted by Crippen LogP contribution is 2.28. The molecule has 0 aliphatic heterocycles. The Morgan fingerprint density at radius 1 is 0.679 bits per heavy atom. The third-order valence-corrected chi connectivity index (χ3v) is 5.28. The van der Waals surface area contributed by atoms with Gasteiger partial charge >= 0.3 is 0 Å². The molecule has 3 aromatic carbocycles. The highest BCUT2D eigenvalue weighted by atomic mass is 16.4. The average molecular weight is 368 g/mol. The first-order chi connectivity index (χ1) is 13.6. The highest BCUT2D eigenvalue weighted by molar-refractivity contribution is 5.68. The van der Waals surface area contributed by atoms with Gasteiger partial charge in [-0.05, 0) is 60.2 Å². The molecule has 1 unspecified atom stereocenters. The molecule has 140 valence electrons. The average Bonchev–Trinajstić information content (AvgIpc) is 3.24. The predicted molar refractivity (Wildman–Crippen MR) is 114 cm³/mol. The lowest BCUT2D eigenvalue weighted by Gasteiger charge is -2.10. The highest BCUT2D eigenvalue weighted by Gasteiger charge is 2.11. The Bertz CT molecular complexity index is 1050. The maximum absolute atomic E-state index is 5.87. The molecule has 1 aromatic heterocycles. The molecule has 3 nitrogen and oxygen atoms in total. The molecule has 0 spiro atoms. The van der Waals surface area contributed by atoms with E-state index in [9.17, 15) is 0 Å². The summed E-state index contributed by atoms with van der Waals surface area (Å²) in [6.07, 6.45) is 1.16. The van der Waals surface area contributed by atoms with Crippen LogP contribution in [0.4, 0.5) is 0 Å². The minimum atomic E-state index is 0.536. The van der Waals surface area contributed by atoms with Crippen LogP contribution in [0.15, 0.2) is 77.2 Å². The van der Waals surface area contributed by atoms with E-state index in [1.807, 2.05) is 36.4 Å². The summed E-state index contributed by atoms with van der Waals surface area (Å²) in [7, 11) is 0. The molecule has 4 aromatic rings. The molecule has 0 aliphatic rings. The maximum atomic E-state index is 5.87. The standard InChI is InChI=1S/C25H24N2O/c1-4-18(3)19-9-11-20(12-10-19)21-13-15-23(16-14-21)25-27-26-24(28-25)22-7-5-17(2)6-8-22/h5-16,18H,4H2,1-3H3. The van der Waals surface area contributed by atoms with Gasteiger partial charge in [0, 0.05) is 11.1 Å². The first-order valence-corrected chi connectivity index (χ1v) is 9.75. The van der Waals surface area contributed by atoms with Crippen molar-refractivity contribution in [3.8, 4) is 34.0 Å². The predicted octanol–water partition coefficient (Wildman–Crippen LogP) is 6.89. The quantitative estimate of drug-likeness (QED) is 0.385. The number of hydrogen-bond acceptors (Lipinski definition) is 3. The van der Waals surface area contributed by atoms with Crippen LogP contribution in [0.2, 0.25) is 0 Å². The number of aromatic nitrogens is 2. The van der Waals surface area contributed by atoms with Crippen molar-refractivity contribution < 1.29 is 4.42 Å². The zero-order valence-electron chi connectivity index (χ0n) is 16.5. The van der Waals surface area contributed by atoms with Crippen molar-refractivity contribution in [1.82, 2.24) is 10.2 Å². The molecule has 0 bridgehead atoms. The Morgan fingerprint density at radius 3 is 1.61 bits per heavy atom. The summed E-state index contributed by atoms with van der Waals surface area (Å²) in [6, 6.07) is 25.2. The van der Waals surface area contributed by atoms with E-state index in [2.05, 4.69) is 67.4 Å². The van der Waals surface area contributed by atoms with Crippen LogP contribution in [0.1, 0.15) is 37.3 Å². The summed E-state index contributed by atoms with van der Waals surface area (Å²) in [5, 5.41) is 8.40. The van der Waals surface area contributed by atoms with Crippen molar-refractivity contribution in [2.24, 2.45) is 0 Å². The largest absolute Gasteiger partial charge is 0.416 e. The van der Waals surface area contributed by atoms with E-state index in [-0.39, 0.29) is 0 Å². The van der Waals surface area contributed by atoms with E-state index in [0.29, 0.717) is 17.7 Å². The second kappa shape index (κ2) is 7.81. The Morgan fingerprint density at radius 2 is 1.11 bits per heavy atom. The smallest absolute Gasteiger partial charge is 0.248 e. The zero-order chi connectivity index (χ0) is 19.5. The van der Waals surface area contributed by atoms with Gasteiger partial charge in [0.2, 0.25) is 11.8 Å². The molecule has 0 N–H and O–H groups in total. The summed E-state index contributed by atoms with van der Waals surface area (Å²) in [5.41, 5.74) is 6.84. The molecule has 0 saturated carbocycles. The summed E-state index contributed by atoms with van der Waals surface area (Å²) in [4.78, 5) is 0. The van der Waals surface area contributed by atoms with Gasteiger partial charge in [0.05, 0.1) is 0 Å². The Kier molecular flexibility index (Phi) is 5.07. The van der Waals surface area contributed by atoms with Gasteiger partial charge in [-0.1, -0.05) is 67.9 Å². The normalized spacial score (nSPS) is 12.1. The van der Waals surface area contributed by atoms with Gasteiger partial charge in [0.15, 0.2) is 0 Å². The molecular formula is C25H24N2O. The molecule has 28 heavy (non-hydrogen) atoms. The first-order valence-electron chi connectivity index (χ1n) is 9.75. The molecule has 0 saturated heterocycles. The minimum absolute atomic E-state index is 0.536. The number of benzene rings is 3. The molecular weight excluding hydrogens is 344 g/mol. The monoisotopic (exact) mass is 368 g/mol. The third kappa shape index (κ3) is 3.74. The molecule has 0 aliphatic carbocycles. The Labute approximate surface area is 166 Å². The lowest BCUT2D eigenvalue weighted by Crippen LogP contribution is -1.90. The van der Waals surface area contributed by atoms with Gasteiger partial charge in [0.25, 0.3) is 0 Å². The van der Waals surface area contributed by atoms with E-state index in [1.54, 1.807) is 0 Å². The fourth-order valence-corrected chi connectivity index (χ4v) is 3.20. The molecule has 4 rings (SSSR count). The van der Waals surface area contributed by atoms with Crippen molar-refractivity contribution in [1.29, 1.82) is 0 Å². The molecule has 1 heterocycles. The van der Waals surface area contributed by atoms with Crippen molar-refractivity contribution >= 4 is 0 Å². The van der Waals surface area contributed by atoms with E-state index in [4.69, 9.17) is 4.42 Å². The SMILES string of the molecule is CCC(C)c1ccc(-c2ccc(-c3nnc(-c4ccc(C)cc4)o3)cc2)cc1. The molecule has 0 fully saturated rings. The Balaban J connectivity index is 1.54. The lowest BCUT2D eigenvalue weighted by atomic mass is 9.95. The van der Waals surface area contributed by atoms with Crippen LogP contribution in [0.25, 0.3) is 34.0 Å². The molecule has 1 atom stereocenters. The number of aryl methyl sites for hydroxylation is 1. The van der Waals surface area contributed by atoms with E-state index in [1.165, 1.54) is 22.3 Å². The number of rotatable bonds is 5. The summed E-state index contributed by atoms with van der Waals surface area (Å²) >= 11 is 0.